The van der Waals surface area contributed by atoms with Gasteiger partial charge in [0.25, 0.3) is 0 Å². The molecule has 22 heavy (non-hydrogen) atoms. The Hall–Kier alpha value is -2.18. The van der Waals surface area contributed by atoms with Crippen LogP contribution in [0.5, 0.6) is 5.75 Å². The normalized spacial score (nSPS) is 11.5. The van der Waals surface area contributed by atoms with Crippen molar-refractivity contribution in [1.29, 1.82) is 0 Å². The molecule has 0 saturated carbocycles. The highest BCUT2D eigenvalue weighted by Crippen LogP contribution is 2.26. The summed E-state index contributed by atoms with van der Waals surface area (Å²) in [4.78, 5) is 0. The van der Waals surface area contributed by atoms with Crippen molar-refractivity contribution >= 4 is 5.69 Å². The van der Waals surface area contributed by atoms with Crippen molar-refractivity contribution in [3.8, 4) is 5.75 Å². The Bertz CT molecular complexity index is 596. The molecule has 1 aromatic heterocycles. The van der Waals surface area contributed by atoms with Crippen molar-refractivity contribution in [2.45, 2.75) is 19.0 Å². The zero-order valence-corrected chi connectivity index (χ0v) is 12.2. The van der Waals surface area contributed by atoms with E-state index >= 15 is 0 Å². The molecule has 1 aromatic carbocycles. The van der Waals surface area contributed by atoms with E-state index in [1.807, 2.05) is 13.2 Å². The minimum Gasteiger partial charge on any atom is -0.482 e. The number of rotatable bonds is 7. The number of ether oxygens (including phenoxy) is 1. The number of aromatic nitrogens is 2. The average molecular weight is 313 g/mol. The van der Waals surface area contributed by atoms with Crippen LogP contribution >= 0.6 is 0 Å². The molecule has 2 aromatic rings. The fourth-order valence-electron chi connectivity index (χ4n) is 2.01. The molecule has 0 aliphatic carbocycles. The van der Waals surface area contributed by atoms with Crippen molar-refractivity contribution < 1.29 is 17.9 Å². The number of hydrogen-bond acceptors (Lipinski definition) is 3. The van der Waals surface area contributed by atoms with Crippen molar-refractivity contribution in [1.82, 2.24) is 9.78 Å². The molecule has 0 aliphatic heterocycles. The number of benzene rings is 1. The number of para-hydroxylation sites is 2. The van der Waals surface area contributed by atoms with E-state index in [2.05, 4.69) is 10.4 Å². The molecule has 0 unspecified atom stereocenters. The molecule has 0 atom stereocenters. The van der Waals surface area contributed by atoms with Gasteiger partial charge in [0.2, 0.25) is 0 Å². The molecule has 0 bridgehead atoms. The number of nitrogens with zero attached hydrogens (tertiary/aromatic N) is 2. The van der Waals surface area contributed by atoms with E-state index in [0.717, 1.165) is 18.4 Å². The highest BCUT2D eigenvalue weighted by atomic mass is 19.4. The molecule has 0 radical (unpaired) electrons. The third-order valence-corrected chi connectivity index (χ3v) is 2.99. The van der Waals surface area contributed by atoms with Gasteiger partial charge in [-0.3, -0.25) is 4.68 Å². The first-order valence-corrected chi connectivity index (χ1v) is 6.94. The van der Waals surface area contributed by atoms with Crippen molar-refractivity contribution in [3.05, 3.63) is 42.2 Å². The second-order valence-corrected chi connectivity index (χ2v) is 4.95. The summed E-state index contributed by atoms with van der Waals surface area (Å²) in [5.74, 6) is 0.209. The molecular weight excluding hydrogens is 295 g/mol. The molecule has 2 rings (SSSR count). The van der Waals surface area contributed by atoms with Crippen LogP contribution in [-0.4, -0.2) is 29.1 Å². The van der Waals surface area contributed by atoms with Crippen LogP contribution in [0.4, 0.5) is 18.9 Å². The molecule has 120 valence electrons. The Balaban J connectivity index is 1.82. The van der Waals surface area contributed by atoms with Crippen molar-refractivity contribution in [2.75, 3.05) is 18.5 Å². The lowest BCUT2D eigenvalue weighted by Crippen LogP contribution is -2.19. The summed E-state index contributed by atoms with van der Waals surface area (Å²) >= 11 is 0. The summed E-state index contributed by atoms with van der Waals surface area (Å²) in [5, 5.41) is 7.19. The fraction of sp³-hybridized carbons (Fsp3) is 0.400. The van der Waals surface area contributed by atoms with Crippen LogP contribution in [0.2, 0.25) is 0 Å². The maximum absolute atomic E-state index is 12.2. The second-order valence-electron chi connectivity index (χ2n) is 4.95. The monoisotopic (exact) mass is 313 g/mol. The quantitative estimate of drug-likeness (QED) is 0.796. The molecule has 1 heterocycles. The summed E-state index contributed by atoms with van der Waals surface area (Å²) in [7, 11) is 1.86. The standard InChI is InChI=1S/C15H18F3N3O/c1-21-10-12(9-20-21)5-4-8-19-13-6-2-3-7-14(13)22-11-15(16,17)18/h2-3,6-7,9-10,19H,4-5,8,11H2,1H3. The minimum atomic E-state index is -4.34. The van der Waals surface area contributed by atoms with E-state index in [-0.39, 0.29) is 5.75 Å². The molecule has 0 spiro atoms. The van der Waals surface area contributed by atoms with Gasteiger partial charge in [0.15, 0.2) is 6.61 Å². The predicted octanol–water partition coefficient (Wildman–Crippen LogP) is 3.41. The van der Waals surface area contributed by atoms with Gasteiger partial charge in [0.1, 0.15) is 5.75 Å². The van der Waals surface area contributed by atoms with Gasteiger partial charge in [-0.25, -0.2) is 0 Å². The second kappa shape index (κ2) is 7.20. The van der Waals surface area contributed by atoms with Crippen LogP contribution < -0.4 is 10.1 Å². The van der Waals surface area contributed by atoms with E-state index in [4.69, 9.17) is 4.74 Å². The van der Waals surface area contributed by atoms with E-state index in [9.17, 15) is 13.2 Å². The molecular formula is C15H18F3N3O. The van der Waals surface area contributed by atoms with Gasteiger partial charge in [0, 0.05) is 19.8 Å². The number of alkyl halides is 3. The molecule has 0 amide bonds. The van der Waals surface area contributed by atoms with Gasteiger partial charge in [0.05, 0.1) is 11.9 Å². The number of hydrogen-bond donors (Lipinski definition) is 1. The van der Waals surface area contributed by atoms with Gasteiger partial charge in [-0.05, 0) is 30.5 Å². The first kappa shape index (κ1) is 16.2. The van der Waals surface area contributed by atoms with E-state index in [0.29, 0.717) is 12.2 Å². The molecule has 0 fully saturated rings. The Morgan fingerprint density at radius 3 is 2.73 bits per heavy atom. The molecule has 1 N–H and O–H groups in total. The third-order valence-electron chi connectivity index (χ3n) is 2.99. The lowest BCUT2D eigenvalue weighted by molar-refractivity contribution is -0.153. The maximum Gasteiger partial charge on any atom is 0.422 e. The highest BCUT2D eigenvalue weighted by molar-refractivity contribution is 5.56. The number of aryl methyl sites for hydroxylation is 2. The zero-order valence-electron chi connectivity index (χ0n) is 12.2. The average Bonchev–Trinajstić information content (AvgIpc) is 2.87. The van der Waals surface area contributed by atoms with Crippen LogP contribution in [0.15, 0.2) is 36.7 Å². The Kier molecular flexibility index (Phi) is 5.30. The molecule has 7 heteroatoms. The number of anilines is 1. The van der Waals surface area contributed by atoms with Crippen LogP contribution in [0.1, 0.15) is 12.0 Å². The van der Waals surface area contributed by atoms with Gasteiger partial charge in [-0.15, -0.1) is 0 Å². The van der Waals surface area contributed by atoms with Gasteiger partial charge >= 0.3 is 6.18 Å². The third kappa shape index (κ3) is 5.31. The van der Waals surface area contributed by atoms with Crippen LogP contribution in [-0.2, 0) is 13.5 Å². The van der Waals surface area contributed by atoms with E-state index < -0.39 is 12.8 Å². The summed E-state index contributed by atoms with van der Waals surface area (Å²) < 4.78 is 43.2. The molecule has 4 nitrogen and oxygen atoms in total. The van der Waals surface area contributed by atoms with E-state index in [1.165, 1.54) is 6.07 Å². The SMILES string of the molecule is Cn1cc(CCCNc2ccccc2OCC(F)(F)F)cn1. The summed E-state index contributed by atoms with van der Waals surface area (Å²) in [6, 6.07) is 6.63. The van der Waals surface area contributed by atoms with E-state index in [1.54, 1.807) is 29.1 Å². The van der Waals surface area contributed by atoms with Crippen LogP contribution in [0, 0.1) is 0 Å². The van der Waals surface area contributed by atoms with Crippen molar-refractivity contribution in [2.24, 2.45) is 7.05 Å². The van der Waals surface area contributed by atoms with Gasteiger partial charge in [-0.2, -0.15) is 18.3 Å². The lowest BCUT2D eigenvalue weighted by atomic mass is 10.2. The van der Waals surface area contributed by atoms with Gasteiger partial charge < -0.3 is 10.1 Å². The minimum absolute atomic E-state index is 0.209. The largest absolute Gasteiger partial charge is 0.482 e. The Morgan fingerprint density at radius 2 is 2.05 bits per heavy atom. The molecule has 0 aliphatic rings. The van der Waals surface area contributed by atoms with Gasteiger partial charge in [-0.1, -0.05) is 12.1 Å². The summed E-state index contributed by atoms with van der Waals surface area (Å²) in [6.45, 7) is -0.650. The topological polar surface area (TPSA) is 39.1 Å². The maximum atomic E-state index is 12.2. The number of halogens is 3. The molecule has 0 saturated heterocycles. The van der Waals surface area contributed by atoms with Crippen LogP contribution in [0.25, 0.3) is 0 Å². The lowest BCUT2D eigenvalue weighted by Gasteiger charge is -2.14. The highest BCUT2D eigenvalue weighted by Gasteiger charge is 2.28. The number of nitrogens with one attached hydrogen (secondary N) is 1. The summed E-state index contributed by atoms with van der Waals surface area (Å²) in [5.41, 5.74) is 1.70. The zero-order chi connectivity index (χ0) is 16.0. The Labute approximate surface area is 126 Å². The van der Waals surface area contributed by atoms with Crippen LogP contribution in [0.3, 0.4) is 0 Å². The smallest absolute Gasteiger partial charge is 0.422 e. The Morgan fingerprint density at radius 1 is 1.27 bits per heavy atom. The summed E-state index contributed by atoms with van der Waals surface area (Å²) in [6.07, 6.45) is 1.11. The first-order valence-electron chi connectivity index (χ1n) is 6.94. The fourth-order valence-corrected chi connectivity index (χ4v) is 2.01. The van der Waals surface area contributed by atoms with Crippen molar-refractivity contribution in [3.63, 3.8) is 0 Å². The first-order chi connectivity index (χ1) is 10.4. The predicted molar refractivity (Wildman–Crippen MR) is 78.0 cm³/mol.